The lowest BCUT2D eigenvalue weighted by Crippen LogP contribution is -2.20. The van der Waals surface area contributed by atoms with Crippen molar-refractivity contribution in [1.82, 2.24) is 0 Å². The summed E-state index contributed by atoms with van der Waals surface area (Å²) in [4.78, 5) is 0. The van der Waals surface area contributed by atoms with E-state index in [1.54, 1.807) is 13.8 Å². The second-order valence-corrected chi connectivity index (χ2v) is 7.69. The molecule has 6 heteroatoms. The van der Waals surface area contributed by atoms with E-state index in [2.05, 4.69) is 0 Å². The van der Waals surface area contributed by atoms with Crippen molar-refractivity contribution < 1.29 is 23.8 Å². The molecule has 0 unspecified atom stereocenters. The molecule has 0 aliphatic carbocycles. The molecule has 1 aromatic rings. The van der Waals surface area contributed by atoms with Crippen LogP contribution in [-0.2, 0) is 19.0 Å². The standard InChI is InChI=1S/C15H25O5P/c1-5-19-21(18,20-6-2)10-9-15(3,4)13-11-12(16)7-8-14(13)17/h7-8,11,16-17H,5-6,9-10H2,1-4H3. The van der Waals surface area contributed by atoms with E-state index in [9.17, 15) is 14.8 Å². The number of hydrogen-bond donors (Lipinski definition) is 2. The second-order valence-electron chi connectivity index (χ2n) is 5.51. The number of hydrogen-bond acceptors (Lipinski definition) is 5. The number of benzene rings is 1. The van der Waals surface area contributed by atoms with Crippen molar-refractivity contribution in [3.8, 4) is 11.5 Å². The lowest BCUT2D eigenvalue weighted by atomic mass is 9.81. The minimum absolute atomic E-state index is 0.0914. The molecule has 0 aliphatic heterocycles. The Morgan fingerprint density at radius 3 is 2.24 bits per heavy atom. The highest BCUT2D eigenvalue weighted by molar-refractivity contribution is 7.53. The van der Waals surface area contributed by atoms with Crippen LogP contribution in [0.15, 0.2) is 18.2 Å². The molecule has 0 saturated heterocycles. The van der Waals surface area contributed by atoms with Crippen LogP contribution in [-0.4, -0.2) is 29.6 Å². The third-order valence-electron chi connectivity index (χ3n) is 3.37. The molecule has 0 bridgehead atoms. The zero-order valence-electron chi connectivity index (χ0n) is 13.1. The summed E-state index contributed by atoms with van der Waals surface area (Å²) >= 11 is 0. The third-order valence-corrected chi connectivity index (χ3v) is 5.45. The Bertz CT molecular complexity index is 503. The molecule has 0 atom stereocenters. The normalized spacial score (nSPS) is 12.6. The summed E-state index contributed by atoms with van der Waals surface area (Å²) in [6.45, 7) is 8.05. The first kappa shape index (κ1) is 18.0. The van der Waals surface area contributed by atoms with Gasteiger partial charge >= 0.3 is 7.60 Å². The van der Waals surface area contributed by atoms with Crippen molar-refractivity contribution >= 4 is 7.60 Å². The third kappa shape index (κ3) is 5.03. The molecule has 2 N–H and O–H groups in total. The van der Waals surface area contributed by atoms with Gasteiger partial charge in [-0.05, 0) is 43.9 Å². The fourth-order valence-electron chi connectivity index (χ4n) is 2.18. The van der Waals surface area contributed by atoms with Gasteiger partial charge in [0.1, 0.15) is 11.5 Å². The van der Waals surface area contributed by atoms with Gasteiger partial charge in [0, 0.05) is 5.56 Å². The Kier molecular flexibility index (Phi) is 6.26. The molecule has 5 nitrogen and oxygen atoms in total. The van der Waals surface area contributed by atoms with Gasteiger partial charge < -0.3 is 19.3 Å². The fourth-order valence-corrected chi connectivity index (χ4v) is 4.13. The first-order chi connectivity index (χ1) is 9.74. The summed E-state index contributed by atoms with van der Waals surface area (Å²) < 4.78 is 23.0. The maximum absolute atomic E-state index is 12.5. The molecule has 0 spiro atoms. The predicted octanol–water partition coefficient (Wildman–Crippen LogP) is 4.03. The molecule has 1 rings (SSSR count). The van der Waals surface area contributed by atoms with Crippen LogP contribution >= 0.6 is 7.60 Å². The van der Waals surface area contributed by atoms with E-state index in [1.807, 2.05) is 13.8 Å². The van der Waals surface area contributed by atoms with E-state index in [4.69, 9.17) is 9.05 Å². The van der Waals surface area contributed by atoms with Gasteiger partial charge in [0.15, 0.2) is 0 Å². The lowest BCUT2D eigenvalue weighted by molar-refractivity contribution is 0.217. The summed E-state index contributed by atoms with van der Waals surface area (Å²) in [5, 5.41) is 19.5. The molecule has 120 valence electrons. The van der Waals surface area contributed by atoms with Crippen molar-refractivity contribution in [3.05, 3.63) is 23.8 Å². The SMILES string of the molecule is CCOP(=O)(CCC(C)(C)c1cc(O)ccc1O)OCC. The van der Waals surface area contributed by atoms with Gasteiger partial charge in [-0.1, -0.05) is 13.8 Å². The Balaban J connectivity index is 2.89. The molecular formula is C15H25O5P. The van der Waals surface area contributed by atoms with Crippen LogP contribution in [0.2, 0.25) is 0 Å². The predicted molar refractivity (Wildman–Crippen MR) is 83.1 cm³/mol. The fraction of sp³-hybridized carbons (Fsp3) is 0.600. The van der Waals surface area contributed by atoms with Crippen LogP contribution in [0.3, 0.4) is 0 Å². The molecule has 0 radical (unpaired) electrons. The number of phenols is 2. The van der Waals surface area contributed by atoms with Crippen LogP contribution in [0.25, 0.3) is 0 Å². The molecule has 0 fully saturated rings. The smallest absolute Gasteiger partial charge is 0.330 e. The van der Waals surface area contributed by atoms with Crippen LogP contribution in [0.4, 0.5) is 0 Å². The minimum Gasteiger partial charge on any atom is -0.508 e. The molecule has 0 heterocycles. The molecule has 21 heavy (non-hydrogen) atoms. The topological polar surface area (TPSA) is 76.0 Å². The van der Waals surface area contributed by atoms with E-state index in [0.29, 0.717) is 25.2 Å². The van der Waals surface area contributed by atoms with Crippen molar-refractivity contribution in [1.29, 1.82) is 0 Å². The zero-order valence-corrected chi connectivity index (χ0v) is 14.0. The summed E-state index contributed by atoms with van der Waals surface area (Å²) in [6.07, 6.45) is 0.762. The molecule has 0 aliphatic rings. The van der Waals surface area contributed by atoms with E-state index in [1.165, 1.54) is 18.2 Å². The van der Waals surface area contributed by atoms with Gasteiger partial charge in [0.25, 0.3) is 0 Å². The summed E-state index contributed by atoms with van der Waals surface area (Å²) in [7, 11) is -3.11. The van der Waals surface area contributed by atoms with Gasteiger partial charge in [-0.25, -0.2) is 0 Å². The molecule has 0 saturated carbocycles. The van der Waals surface area contributed by atoms with Crippen LogP contribution < -0.4 is 0 Å². The minimum atomic E-state index is -3.11. The highest BCUT2D eigenvalue weighted by Gasteiger charge is 2.31. The van der Waals surface area contributed by atoms with Crippen molar-refractivity contribution in [2.75, 3.05) is 19.4 Å². The van der Waals surface area contributed by atoms with Gasteiger partial charge in [-0.2, -0.15) is 0 Å². The summed E-state index contributed by atoms with van der Waals surface area (Å²) in [6, 6.07) is 4.42. The Labute approximate surface area is 126 Å². The van der Waals surface area contributed by atoms with Crippen LogP contribution in [0.1, 0.15) is 39.7 Å². The summed E-state index contributed by atoms with van der Waals surface area (Å²) in [5.74, 6) is 0.203. The number of aromatic hydroxyl groups is 2. The van der Waals surface area contributed by atoms with Gasteiger partial charge in [-0.15, -0.1) is 0 Å². The molecular weight excluding hydrogens is 291 g/mol. The average molecular weight is 316 g/mol. The highest BCUT2D eigenvalue weighted by atomic mass is 31.2. The van der Waals surface area contributed by atoms with Crippen LogP contribution in [0.5, 0.6) is 11.5 Å². The maximum atomic E-state index is 12.5. The van der Waals surface area contributed by atoms with E-state index in [0.717, 1.165) is 0 Å². The van der Waals surface area contributed by atoms with Gasteiger partial charge in [-0.3, -0.25) is 4.57 Å². The number of rotatable bonds is 8. The van der Waals surface area contributed by atoms with Gasteiger partial charge in [0.05, 0.1) is 19.4 Å². The summed E-state index contributed by atoms with van der Waals surface area (Å²) in [5.41, 5.74) is 0.147. The quantitative estimate of drug-likeness (QED) is 0.559. The van der Waals surface area contributed by atoms with Crippen molar-refractivity contribution in [3.63, 3.8) is 0 Å². The largest absolute Gasteiger partial charge is 0.508 e. The van der Waals surface area contributed by atoms with E-state index >= 15 is 0 Å². The molecule has 0 aromatic heterocycles. The average Bonchev–Trinajstić information content (AvgIpc) is 2.40. The monoisotopic (exact) mass is 316 g/mol. The van der Waals surface area contributed by atoms with Crippen molar-refractivity contribution in [2.24, 2.45) is 0 Å². The molecule has 0 amide bonds. The second kappa shape index (κ2) is 7.30. The lowest BCUT2D eigenvalue weighted by Gasteiger charge is -2.28. The van der Waals surface area contributed by atoms with Crippen LogP contribution in [0, 0.1) is 0 Å². The van der Waals surface area contributed by atoms with E-state index < -0.39 is 13.0 Å². The number of phenolic OH excluding ortho intramolecular Hbond substituents is 2. The highest BCUT2D eigenvalue weighted by Crippen LogP contribution is 2.51. The molecule has 1 aromatic carbocycles. The first-order valence-corrected chi connectivity index (χ1v) is 8.87. The Morgan fingerprint density at radius 2 is 1.71 bits per heavy atom. The first-order valence-electron chi connectivity index (χ1n) is 7.14. The van der Waals surface area contributed by atoms with Crippen molar-refractivity contribution in [2.45, 2.75) is 39.5 Å². The Morgan fingerprint density at radius 1 is 1.14 bits per heavy atom. The maximum Gasteiger partial charge on any atom is 0.330 e. The zero-order chi connectivity index (χ0) is 16.1. The van der Waals surface area contributed by atoms with E-state index in [-0.39, 0.29) is 17.7 Å². The Hall–Kier alpha value is -1.03. The van der Waals surface area contributed by atoms with Gasteiger partial charge in [0.2, 0.25) is 0 Å².